The first-order chi connectivity index (χ1) is 13.3. The van der Waals surface area contributed by atoms with Crippen LogP contribution in [0.15, 0.2) is 47.3 Å². The van der Waals surface area contributed by atoms with E-state index in [0.717, 1.165) is 22.6 Å². The van der Waals surface area contributed by atoms with Crippen LogP contribution in [-0.2, 0) is 4.79 Å². The minimum Gasteiger partial charge on any atom is -0.324 e. The summed E-state index contributed by atoms with van der Waals surface area (Å²) in [5.74, 6) is 0.461. The van der Waals surface area contributed by atoms with Crippen molar-refractivity contribution in [1.29, 1.82) is 0 Å². The number of benzene rings is 1. The Labute approximate surface area is 164 Å². The Kier molecular flexibility index (Phi) is 5.44. The van der Waals surface area contributed by atoms with E-state index in [1.807, 2.05) is 44.2 Å². The van der Waals surface area contributed by atoms with Crippen LogP contribution in [0.1, 0.15) is 49.7 Å². The second-order valence-electron chi connectivity index (χ2n) is 7.22. The minimum atomic E-state index is -0.773. The van der Waals surface area contributed by atoms with Gasteiger partial charge in [-0.25, -0.2) is 9.36 Å². The molecule has 3 aromatic rings. The Morgan fingerprint density at radius 3 is 2.39 bits per heavy atom. The second-order valence-corrected chi connectivity index (χ2v) is 7.22. The maximum absolute atomic E-state index is 12.8. The molecule has 28 heavy (non-hydrogen) atoms. The van der Waals surface area contributed by atoms with Gasteiger partial charge in [0.25, 0.3) is 5.56 Å². The van der Waals surface area contributed by atoms with Crippen molar-refractivity contribution in [3.63, 3.8) is 0 Å². The van der Waals surface area contributed by atoms with Gasteiger partial charge in [0, 0.05) is 17.4 Å². The van der Waals surface area contributed by atoms with Gasteiger partial charge in [0.15, 0.2) is 5.82 Å². The summed E-state index contributed by atoms with van der Waals surface area (Å²) in [5.41, 5.74) is 3.20. The summed E-state index contributed by atoms with van der Waals surface area (Å²) in [5, 5.41) is 11.7. The van der Waals surface area contributed by atoms with E-state index in [0.29, 0.717) is 5.82 Å². The van der Waals surface area contributed by atoms with Crippen molar-refractivity contribution in [1.82, 2.24) is 19.6 Å². The van der Waals surface area contributed by atoms with Crippen LogP contribution in [0, 0.1) is 13.8 Å². The number of hydrogen-bond donors (Lipinski definition) is 1. The lowest BCUT2D eigenvalue weighted by atomic mass is 10.0. The van der Waals surface area contributed by atoms with Crippen molar-refractivity contribution in [2.24, 2.45) is 0 Å². The summed E-state index contributed by atoms with van der Waals surface area (Å²) in [4.78, 5) is 25.2. The number of para-hydroxylation sites is 1. The SMILES string of the molecule is Cc1cc(C)n(-c2ccc(=O)n(C(C)C(=O)Nc3ccccc3C(C)C)n2)n1. The van der Waals surface area contributed by atoms with Crippen molar-refractivity contribution in [3.8, 4) is 5.82 Å². The maximum atomic E-state index is 12.8. The van der Waals surface area contributed by atoms with Crippen molar-refractivity contribution in [2.75, 3.05) is 5.32 Å². The van der Waals surface area contributed by atoms with Crippen LogP contribution in [0.25, 0.3) is 5.82 Å². The molecule has 0 bridgehead atoms. The Balaban J connectivity index is 1.91. The molecule has 1 aromatic carbocycles. The van der Waals surface area contributed by atoms with E-state index in [4.69, 9.17) is 0 Å². The molecule has 0 spiro atoms. The van der Waals surface area contributed by atoms with Crippen LogP contribution in [0.4, 0.5) is 5.69 Å². The normalized spacial score (nSPS) is 12.2. The third-order valence-corrected chi connectivity index (χ3v) is 4.62. The van der Waals surface area contributed by atoms with Crippen LogP contribution in [0.5, 0.6) is 0 Å². The number of aryl methyl sites for hydroxylation is 2. The Morgan fingerprint density at radius 1 is 1.04 bits per heavy atom. The molecule has 7 nitrogen and oxygen atoms in total. The van der Waals surface area contributed by atoms with E-state index < -0.39 is 6.04 Å². The Morgan fingerprint density at radius 2 is 1.75 bits per heavy atom. The first kappa shape index (κ1) is 19.5. The van der Waals surface area contributed by atoms with Gasteiger partial charge < -0.3 is 5.32 Å². The van der Waals surface area contributed by atoms with Gasteiger partial charge in [-0.15, -0.1) is 5.10 Å². The van der Waals surface area contributed by atoms with E-state index in [2.05, 4.69) is 29.4 Å². The van der Waals surface area contributed by atoms with E-state index in [1.54, 1.807) is 17.7 Å². The number of anilines is 1. The number of hydrogen-bond acceptors (Lipinski definition) is 4. The molecule has 2 heterocycles. The lowest BCUT2D eigenvalue weighted by Crippen LogP contribution is -2.34. The number of aromatic nitrogens is 4. The van der Waals surface area contributed by atoms with Crippen LogP contribution in [0.2, 0.25) is 0 Å². The molecule has 1 atom stereocenters. The number of rotatable bonds is 5. The average molecular weight is 379 g/mol. The summed E-state index contributed by atoms with van der Waals surface area (Å²) in [7, 11) is 0. The van der Waals surface area contributed by atoms with Gasteiger partial charge in [-0.3, -0.25) is 9.59 Å². The molecule has 1 amide bonds. The summed E-state index contributed by atoms with van der Waals surface area (Å²) >= 11 is 0. The smallest absolute Gasteiger partial charge is 0.267 e. The van der Waals surface area contributed by atoms with E-state index in [9.17, 15) is 9.59 Å². The van der Waals surface area contributed by atoms with Crippen molar-refractivity contribution in [3.05, 3.63) is 69.8 Å². The van der Waals surface area contributed by atoms with E-state index in [-0.39, 0.29) is 17.4 Å². The van der Waals surface area contributed by atoms with Crippen molar-refractivity contribution >= 4 is 11.6 Å². The Bertz CT molecular complexity index is 1060. The standard InChI is InChI=1S/C21H25N5O2/c1-13(2)17-8-6-7-9-18(17)22-21(28)16(5)26-20(27)11-10-19(24-26)25-15(4)12-14(3)23-25/h6-13,16H,1-5H3,(H,22,28). The highest BCUT2D eigenvalue weighted by molar-refractivity contribution is 5.94. The summed E-state index contributed by atoms with van der Waals surface area (Å²) in [6.07, 6.45) is 0. The van der Waals surface area contributed by atoms with Crippen LogP contribution >= 0.6 is 0 Å². The van der Waals surface area contributed by atoms with Gasteiger partial charge >= 0.3 is 0 Å². The van der Waals surface area contributed by atoms with Gasteiger partial charge in [0.2, 0.25) is 5.91 Å². The molecule has 0 fully saturated rings. The molecule has 1 N–H and O–H groups in total. The third kappa shape index (κ3) is 3.88. The molecule has 0 saturated heterocycles. The van der Waals surface area contributed by atoms with Gasteiger partial charge in [-0.1, -0.05) is 32.0 Å². The predicted octanol–water partition coefficient (Wildman–Crippen LogP) is 3.37. The predicted molar refractivity (Wildman–Crippen MR) is 109 cm³/mol. The molecule has 3 rings (SSSR count). The molecule has 146 valence electrons. The highest BCUT2D eigenvalue weighted by atomic mass is 16.2. The van der Waals surface area contributed by atoms with Gasteiger partial charge in [-0.2, -0.15) is 5.10 Å². The third-order valence-electron chi connectivity index (χ3n) is 4.62. The van der Waals surface area contributed by atoms with Crippen LogP contribution in [0.3, 0.4) is 0 Å². The first-order valence-corrected chi connectivity index (χ1v) is 9.31. The van der Waals surface area contributed by atoms with Crippen molar-refractivity contribution < 1.29 is 4.79 Å². The van der Waals surface area contributed by atoms with Crippen molar-refractivity contribution in [2.45, 2.75) is 46.6 Å². The monoisotopic (exact) mass is 379 g/mol. The average Bonchev–Trinajstić information content (AvgIpc) is 3.00. The quantitative estimate of drug-likeness (QED) is 0.737. The molecule has 0 radical (unpaired) electrons. The minimum absolute atomic E-state index is 0.266. The van der Waals surface area contributed by atoms with Crippen LogP contribution in [-0.4, -0.2) is 25.5 Å². The first-order valence-electron chi connectivity index (χ1n) is 9.31. The molecule has 2 aromatic heterocycles. The molecule has 7 heteroatoms. The summed E-state index contributed by atoms with van der Waals surface area (Å²) < 4.78 is 2.85. The number of carbonyl (C=O) groups is 1. The van der Waals surface area contributed by atoms with Gasteiger partial charge in [-0.05, 0) is 50.5 Å². The molecule has 1 unspecified atom stereocenters. The largest absolute Gasteiger partial charge is 0.324 e. The number of nitrogens with zero attached hydrogens (tertiary/aromatic N) is 4. The highest BCUT2D eigenvalue weighted by Crippen LogP contribution is 2.24. The summed E-state index contributed by atoms with van der Waals surface area (Å²) in [6.45, 7) is 9.60. The molecule has 0 saturated carbocycles. The number of carbonyl (C=O) groups excluding carboxylic acids is 1. The zero-order chi connectivity index (χ0) is 20.4. The zero-order valence-electron chi connectivity index (χ0n) is 16.8. The molecule has 0 aliphatic carbocycles. The fourth-order valence-corrected chi connectivity index (χ4v) is 3.13. The van der Waals surface area contributed by atoms with Crippen LogP contribution < -0.4 is 10.9 Å². The molecular formula is C21H25N5O2. The lowest BCUT2D eigenvalue weighted by molar-refractivity contribution is -0.119. The Hall–Kier alpha value is -3.22. The van der Waals surface area contributed by atoms with E-state index >= 15 is 0 Å². The zero-order valence-corrected chi connectivity index (χ0v) is 16.8. The lowest BCUT2D eigenvalue weighted by Gasteiger charge is -2.18. The fourth-order valence-electron chi connectivity index (χ4n) is 3.13. The highest BCUT2D eigenvalue weighted by Gasteiger charge is 2.20. The molecular weight excluding hydrogens is 354 g/mol. The van der Waals surface area contributed by atoms with Gasteiger partial charge in [0.05, 0.1) is 5.69 Å². The number of nitrogens with one attached hydrogen (secondary N) is 1. The second kappa shape index (κ2) is 7.80. The number of amides is 1. The maximum Gasteiger partial charge on any atom is 0.267 e. The topological polar surface area (TPSA) is 81.8 Å². The molecule has 0 aliphatic rings. The molecule has 0 aliphatic heterocycles. The fraction of sp³-hybridized carbons (Fsp3) is 0.333. The van der Waals surface area contributed by atoms with Gasteiger partial charge in [0.1, 0.15) is 6.04 Å². The summed E-state index contributed by atoms with van der Waals surface area (Å²) in [6, 6.07) is 11.8. The van der Waals surface area contributed by atoms with E-state index in [1.165, 1.54) is 10.7 Å².